The van der Waals surface area contributed by atoms with E-state index in [2.05, 4.69) is 6.92 Å². The fraction of sp³-hybridized carbons (Fsp3) is 0.625. The maximum atomic E-state index is 13.2. The summed E-state index contributed by atoms with van der Waals surface area (Å²) in [5, 5.41) is 10.5. The van der Waals surface area contributed by atoms with E-state index >= 15 is 0 Å². The van der Waals surface area contributed by atoms with Crippen molar-refractivity contribution < 1.29 is 18.6 Å². The molecule has 1 saturated carbocycles. The van der Waals surface area contributed by atoms with Gasteiger partial charge in [0.25, 0.3) is 0 Å². The van der Waals surface area contributed by atoms with Gasteiger partial charge in [-0.05, 0) is 49.3 Å². The van der Waals surface area contributed by atoms with E-state index < -0.39 is 23.3 Å². The quantitative estimate of drug-likeness (QED) is 0.917. The van der Waals surface area contributed by atoms with Crippen LogP contribution in [-0.4, -0.2) is 23.9 Å². The van der Waals surface area contributed by atoms with Crippen LogP contribution in [0.15, 0.2) is 18.2 Å². The zero-order chi connectivity index (χ0) is 14.8. The van der Waals surface area contributed by atoms with Gasteiger partial charge in [0.1, 0.15) is 11.6 Å². The summed E-state index contributed by atoms with van der Waals surface area (Å²) in [7, 11) is 1.60. The summed E-state index contributed by atoms with van der Waals surface area (Å²) >= 11 is 0. The first kappa shape index (κ1) is 15.4. The molecule has 0 radical (unpaired) electrons. The van der Waals surface area contributed by atoms with Gasteiger partial charge in [0.15, 0.2) is 0 Å². The lowest BCUT2D eigenvalue weighted by Crippen LogP contribution is -2.47. The molecule has 2 rings (SSSR count). The van der Waals surface area contributed by atoms with Crippen LogP contribution in [0.4, 0.5) is 8.78 Å². The van der Waals surface area contributed by atoms with Crippen LogP contribution in [-0.2, 0) is 11.2 Å². The Hall–Kier alpha value is -1.00. The Morgan fingerprint density at radius 1 is 1.25 bits per heavy atom. The third kappa shape index (κ3) is 3.36. The smallest absolute Gasteiger partial charge is 0.126 e. The molecule has 0 aliphatic heterocycles. The number of hydrogen-bond donors (Lipinski definition) is 1. The van der Waals surface area contributed by atoms with Crippen molar-refractivity contribution in [3.05, 3.63) is 35.4 Å². The highest BCUT2D eigenvalue weighted by molar-refractivity contribution is 5.19. The van der Waals surface area contributed by atoms with Crippen molar-refractivity contribution in [2.24, 2.45) is 5.92 Å². The predicted molar refractivity (Wildman–Crippen MR) is 73.4 cm³/mol. The van der Waals surface area contributed by atoms with E-state index in [1.54, 1.807) is 7.11 Å². The number of methoxy groups -OCH3 is 1. The van der Waals surface area contributed by atoms with Gasteiger partial charge in [-0.15, -0.1) is 0 Å². The lowest BCUT2D eigenvalue weighted by Gasteiger charge is -2.41. The van der Waals surface area contributed by atoms with E-state index in [0.29, 0.717) is 11.5 Å². The van der Waals surface area contributed by atoms with Crippen molar-refractivity contribution in [1.82, 2.24) is 0 Å². The SMILES string of the molecule is COC1(C(O)Cc2cc(F)cc(F)c2)CCC(C)CC1. The number of aliphatic hydroxyl groups excluding tert-OH is 1. The molecule has 1 aliphatic rings. The summed E-state index contributed by atoms with van der Waals surface area (Å²) in [6.07, 6.45) is 3.02. The molecule has 0 bridgehead atoms. The first-order valence-corrected chi connectivity index (χ1v) is 7.13. The summed E-state index contributed by atoms with van der Waals surface area (Å²) in [6.45, 7) is 2.19. The summed E-state index contributed by atoms with van der Waals surface area (Å²) < 4.78 is 32.0. The van der Waals surface area contributed by atoms with E-state index in [-0.39, 0.29) is 6.42 Å². The molecule has 1 N–H and O–H groups in total. The highest BCUT2D eigenvalue weighted by atomic mass is 19.1. The van der Waals surface area contributed by atoms with Crippen molar-refractivity contribution in [3.63, 3.8) is 0 Å². The number of rotatable bonds is 4. The zero-order valence-corrected chi connectivity index (χ0v) is 12.0. The predicted octanol–water partition coefficient (Wildman–Crippen LogP) is 3.46. The van der Waals surface area contributed by atoms with E-state index in [4.69, 9.17) is 4.74 Å². The third-order valence-corrected chi connectivity index (χ3v) is 4.49. The van der Waals surface area contributed by atoms with Gasteiger partial charge in [-0.1, -0.05) is 6.92 Å². The molecule has 0 saturated heterocycles. The zero-order valence-electron chi connectivity index (χ0n) is 12.0. The lowest BCUT2D eigenvalue weighted by molar-refractivity contribution is -0.127. The maximum Gasteiger partial charge on any atom is 0.126 e. The van der Waals surface area contributed by atoms with Crippen LogP contribution in [0.3, 0.4) is 0 Å². The van der Waals surface area contributed by atoms with Gasteiger partial charge < -0.3 is 9.84 Å². The van der Waals surface area contributed by atoms with Crippen LogP contribution in [0.25, 0.3) is 0 Å². The standard InChI is InChI=1S/C16H22F2O2/c1-11-3-5-16(20-2,6-4-11)15(19)9-12-7-13(17)10-14(18)8-12/h7-8,10-11,15,19H,3-6,9H2,1-2H3. The minimum atomic E-state index is -0.749. The third-order valence-electron chi connectivity index (χ3n) is 4.49. The molecule has 0 spiro atoms. The van der Waals surface area contributed by atoms with E-state index in [0.717, 1.165) is 31.7 Å². The molecule has 0 amide bonds. The molecule has 1 unspecified atom stereocenters. The van der Waals surface area contributed by atoms with Crippen molar-refractivity contribution >= 4 is 0 Å². The average molecular weight is 284 g/mol. The molecule has 1 aromatic rings. The largest absolute Gasteiger partial charge is 0.390 e. The Bertz CT molecular complexity index is 434. The number of aliphatic hydroxyl groups is 1. The second-order valence-corrected chi connectivity index (χ2v) is 5.95. The Morgan fingerprint density at radius 2 is 1.80 bits per heavy atom. The Kier molecular flexibility index (Phi) is 4.76. The Balaban J connectivity index is 2.11. The minimum absolute atomic E-state index is 0.205. The van der Waals surface area contributed by atoms with Gasteiger partial charge in [0.05, 0.1) is 11.7 Å². The number of hydrogen-bond acceptors (Lipinski definition) is 2. The molecule has 1 aromatic carbocycles. The highest BCUT2D eigenvalue weighted by Crippen LogP contribution is 2.37. The van der Waals surface area contributed by atoms with E-state index in [1.807, 2.05) is 0 Å². The van der Waals surface area contributed by atoms with Crippen molar-refractivity contribution in [3.8, 4) is 0 Å². The fourth-order valence-corrected chi connectivity index (χ4v) is 3.06. The molecule has 20 heavy (non-hydrogen) atoms. The van der Waals surface area contributed by atoms with Gasteiger partial charge >= 0.3 is 0 Å². The normalized spacial score (nSPS) is 28.4. The van der Waals surface area contributed by atoms with Gasteiger partial charge in [-0.3, -0.25) is 0 Å². The van der Waals surface area contributed by atoms with Gasteiger partial charge in [-0.25, -0.2) is 8.78 Å². The summed E-state index contributed by atoms with van der Waals surface area (Å²) in [6, 6.07) is 3.37. The lowest BCUT2D eigenvalue weighted by atomic mass is 9.75. The van der Waals surface area contributed by atoms with Crippen LogP contribution in [0, 0.1) is 17.6 Å². The van der Waals surface area contributed by atoms with Crippen LogP contribution in [0.1, 0.15) is 38.2 Å². The molecule has 0 heterocycles. The first-order chi connectivity index (χ1) is 9.45. The highest BCUT2D eigenvalue weighted by Gasteiger charge is 2.40. The molecule has 0 aromatic heterocycles. The molecule has 1 atom stereocenters. The van der Waals surface area contributed by atoms with Gasteiger partial charge in [-0.2, -0.15) is 0 Å². The molecule has 112 valence electrons. The van der Waals surface area contributed by atoms with Crippen LogP contribution < -0.4 is 0 Å². The molecule has 1 fully saturated rings. The van der Waals surface area contributed by atoms with E-state index in [1.165, 1.54) is 12.1 Å². The van der Waals surface area contributed by atoms with Gasteiger partial charge in [0, 0.05) is 19.6 Å². The topological polar surface area (TPSA) is 29.5 Å². The summed E-state index contributed by atoms with van der Waals surface area (Å²) in [5.41, 5.74) is -0.125. The van der Waals surface area contributed by atoms with Crippen molar-refractivity contribution in [1.29, 1.82) is 0 Å². The molecule has 1 aliphatic carbocycles. The second-order valence-electron chi connectivity index (χ2n) is 5.95. The van der Waals surface area contributed by atoms with Crippen molar-refractivity contribution in [2.75, 3.05) is 7.11 Å². The summed E-state index contributed by atoms with van der Waals surface area (Å²) in [4.78, 5) is 0. The Morgan fingerprint density at radius 3 is 2.30 bits per heavy atom. The average Bonchev–Trinajstić information content (AvgIpc) is 2.38. The maximum absolute atomic E-state index is 13.2. The van der Waals surface area contributed by atoms with Crippen LogP contribution in [0.2, 0.25) is 0 Å². The van der Waals surface area contributed by atoms with Crippen LogP contribution >= 0.6 is 0 Å². The number of ether oxygens (including phenoxy) is 1. The van der Waals surface area contributed by atoms with Gasteiger partial charge in [0.2, 0.25) is 0 Å². The van der Waals surface area contributed by atoms with E-state index in [9.17, 15) is 13.9 Å². The fourth-order valence-electron chi connectivity index (χ4n) is 3.06. The first-order valence-electron chi connectivity index (χ1n) is 7.13. The number of halogens is 2. The Labute approximate surface area is 118 Å². The number of benzene rings is 1. The van der Waals surface area contributed by atoms with Crippen molar-refractivity contribution in [2.45, 2.75) is 50.7 Å². The molecular formula is C16H22F2O2. The van der Waals surface area contributed by atoms with Crippen LogP contribution in [0.5, 0.6) is 0 Å². The molecule has 2 nitrogen and oxygen atoms in total. The summed E-state index contributed by atoms with van der Waals surface area (Å²) in [5.74, 6) is -0.594. The molecule has 4 heteroatoms. The molecular weight excluding hydrogens is 262 g/mol. The second kappa shape index (κ2) is 6.19. The monoisotopic (exact) mass is 284 g/mol. The minimum Gasteiger partial charge on any atom is -0.390 e.